The number of hydrogen-bond acceptors (Lipinski definition) is 4. The van der Waals surface area contributed by atoms with Crippen LogP contribution in [0.1, 0.15) is 38.3 Å². The second-order valence-corrected chi connectivity index (χ2v) is 6.77. The molecule has 0 aliphatic rings. The van der Waals surface area contributed by atoms with Gasteiger partial charge in [0.1, 0.15) is 12.4 Å². The van der Waals surface area contributed by atoms with Crippen molar-refractivity contribution in [3.63, 3.8) is 0 Å². The molecule has 3 aromatic rings. The lowest BCUT2D eigenvalue weighted by atomic mass is 10.1. The molecule has 0 saturated carbocycles. The number of hydrogen-bond donors (Lipinski definition) is 1. The van der Waals surface area contributed by atoms with Crippen LogP contribution in [-0.4, -0.2) is 21.9 Å². The summed E-state index contributed by atoms with van der Waals surface area (Å²) in [6.07, 6.45) is 3.43. The minimum absolute atomic E-state index is 0.264. The number of amides is 1. The monoisotopic (exact) mass is 376 g/mol. The van der Waals surface area contributed by atoms with E-state index in [4.69, 9.17) is 4.74 Å². The number of carbonyl (C=O) groups excluding carboxylic acids is 1. The molecule has 144 valence electrons. The quantitative estimate of drug-likeness (QED) is 0.527. The minimum Gasteiger partial charge on any atom is -0.489 e. The molecule has 6 nitrogen and oxygen atoms in total. The van der Waals surface area contributed by atoms with Gasteiger partial charge in [0.2, 0.25) is 0 Å². The van der Waals surface area contributed by atoms with Crippen LogP contribution in [0.5, 0.6) is 5.75 Å². The summed E-state index contributed by atoms with van der Waals surface area (Å²) < 4.78 is 7.53. The maximum atomic E-state index is 12.2. The first kappa shape index (κ1) is 19.4. The molecule has 1 N–H and O–H groups in total. The molecule has 2 aromatic carbocycles. The van der Waals surface area contributed by atoms with Crippen molar-refractivity contribution in [1.82, 2.24) is 15.2 Å². The van der Waals surface area contributed by atoms with Crippen LogP contribution >= 0.6 is 0 Å². The molecular weight excluding hydrogens is 352 g/mol. The average Bonchev–Trinajstić information content (AvgIpc) is 3.00. The average molecular weight is 376 g/mol. The van der Waals surface area contributed by atoms with Gasteiger partial charge in [-0.05, 0) is 61.7 Å². The highest BCUT2D eigenvalue weighted by molar-refractivity contribution is 5.94. The van der Waals surface area contributed by atoms with Gasteiger partial charge in [-0.2, -0.15) is 10.2 Å². The maximum absolute atomic E-state index is 12.2. The van der Waals surface area contributed by atoms with Crippen LogP contribution < -0.4 is 10.2 Å². The Balaban J connectivity index is 1.55. The molecule has 0 spiro atoms. The van der Waals surface area contributed by atoms with E-state index in [2.05, 4.69) is 29.5 Å². The van der Waals surface area contributed by atoms with Gasteiger partial charge in [0.25, 0.3) is 5.91 Å². The Hall–Kier alpha value is -3.41. The second-order valence-electron chi connectivity index (χ2n) is 6.77. The first-order valence-corrected chi connectivity index (χ1v) is 9.05. The third kappa shape index (κ3) is 4.85. The fourth-order valence-electron chi connectivity index (χ4n) is 2.69. The van der Waals surface area contributed by atoms with Crippen LogP contribution in [0.3, 0.4) is 0 Å². The normalized spacial score (nSPS) is 11.0. The number of aryl methyl sites for hydroxylation is 4. The van der Waals surface area contributed by atoms with Crippen LogP contribution in [0.2, 0.25) is 0 Å². The molecule has 0 aliphatic heterocycles. The molecule has 1 heterocycles. The van der Waals surface area contributed by atoms with Crippen molar-refractivity contribution in [2.75, 3.05) is 0 Å². The van der Waals surface area contributed by atoms with Crippen molar-refractivity contribution in [2.24, 2.45) is 12.1 Å². The van der Waals surface area contributed by atoms with Gasteiger partial charge in [0, 0.05) is 24.4 Å². The molecule has 0 fully saturated rings. The summed E-state index contributed by atoms with van der Waals surface area (Å²) >= 11 is 0. The SMILES string of the molecule is Cc1ccc(OCc2ccc(C(=O)N/N=C\c3cn(C)nc3C)cc2)cc1C. The van der Waals surface area contributed by atoms with Crippen molar-refractivity contribution in [3.8, 4) is 5.75 Å². The second kappa shape index (κ2) is 8.52. The Morgan fingerprint density at radius 1 is 1.14 bits per heavy atom. The summed E-state index contributed by atoms with van der Waals surface area (Å²) in [5, 5.41) is 8.23. The maximum Gasteiger partial charge on any atom is 0.271 e. The zero-order valence-electron chi connectivity index (χ0n) is 16.6. The van der Waals surface area contributed by atoms with Crippen molar-refractivity contribution >= 4 is 12.1 Å². The van der Waals surface area contributed by atoms with E-state index < -0.39 is 0 Å². The van der Waals surface area contributed by atoms with E-state index in [9.17, 15) is 4.79 Å². The topological polar surface area (TPSA) is 68.5 Å². The molecule has 1 aromatic heterocycles. The lowest BCUT2D eigenvalue weighted by Gasteiger charge is -2.09. The van der Waals surface area contributed by atoms with Crippen LogP contribution in [0, 0.1) is 20.8 Å². The Labute approximate surface area is 164 Å². The number of rotatable bonds is 6. The summed E-state index contributed by atoms with van der Waals surface area (Å²) in [5.74, 6) is 0.573. The Morgan fingerprint density at radius 2 is 1.89 bits per heavy atom. The molecule has 3 rings (SSSR count). The predicted octanol–water partition coefficient (Wildman–Crippen LogP) is 3.69. The number of carbonyl (C=O) groups is 1. The van der Waals surface area contributed by atoms with E-state index in [1.165, 1.54) is 11.1 Å². The third-order valence-corrected chi connectivity index (χ3v) is 4.52. The first-order chi connectivity index (χ1) is 13.4. The molecular formula is C22H24N4O2. The minimum atomic E-state index is -0.264. The molecule has 0 bridgehead atoms. The van der Waals surface area contributed by atoms with Gasteiger partial charge < -0.3 is 4.74 Å². The van der Waals surface area contributed by atoms with Gasteiger partial charge in [0.05, 0.1) is 11.9 Å². The smallest absolute Gasteiger partial charge is 0.271 e. The zero-order valence-corrected chi connectivity index (χ0v) is 16.6. The lowest BCUT2D eigenvalue weighted by molar-refractivity contribution is 0.0955. The highest BCUT2D eigenvalue weighted by Gasteiger charge is 2.05. The Bertz CT molecular complexity index is 1000. The number of ether oxygens (including phenoxy) is 1. The van der Waals surface area contributed by atoms with E-state index >= 15 is 0 Å². The summed E-state index contributed by atoms with van der Waals surface area (Å²) in [7, 11) is 1.84. The number of aromatic nitrogens is 2. The Kier molecular flexibility index (Phi) is 5.89. The van der Waals surface area contributed by atoms with Gasteiger partial charge >= 0.3 is 0 Å². The van der Waals surface area contributed by atoms with E-state index in [-0.39, 0.29) is 5.91 Å². The van der Waals surface area contributed by atoms with Crippen LogP contribution in [0.25, 0.3) is 0 Å². The van der Waals surface area contributed by atoms with Gasteiger partial charge in [-0.1, -0.05) is 18.2 Å². The number of hydrazone groups is 1. The molecule has 0 saturated heterocycles. The van der Waals surface area contributed by atoms with Gasteiger partial charge in [-0.25, -0.2) is 5.43 Å². The number of nitrogens with zero attached hydrogens (tertiary/aromatic N) is 3. The molecule has 6 heteroatoms. The van der Waals surface area contributed by atoms with E-state index in [1.807, 2.05) is 50.5 Å². The van der Waals surface area contributed by atoms with Crippen molar-refractivity contribution in [3.05, 3.63) is 82.2 Å². The van der Waals surface area contributed by atoms with Crippen LogP contribution in [0.4, 0.5) is 0 Å². The molecule has 0 unspecified atom stereocenters. The molecule has 0 atom stereocenters. The molecule has 1 amide bonds. The van der Waals surface area contributed by atoms with Crippen molar-refractivity contribution in [2.45, 2.75) is 27.4 Å². The molecule has 0 radical (unpaired) electrons. The summed E-state index contributed by atoms with van der Waals surface area (Å²) in [4.78, 5) is 12.2. The summed E-state index contributed by atoms with van der Waals surface area (Å²) in [5.41, 5.74) is 8.22. The summed E-state index contributed by atoms with van der Waals surface area (Å²) in [6, 6.07) is 13.3. The zero-order chi connectivity index (χ0) is 20.1. The molecule has 28 heavy (non-hydrogen) atoms. The lowest BCUT2D eigenvalue weighted by Crippen LogP contribution is -2.17. The first-order valence-electron chi connectivity index (χ1n) is 9.05. The van der Waals surface area contributed by atoms with Crippen LogP contribution in [0.15, 0.2) is 53.8 Å². The van der Waals surface area contributed by atoms with Gasteiger partial charge in [-0.3, -0.25) is 9.48 Å². The Morgan fingerprint density at radius 3 is 2.54 bits per heavy atom. The summed E-state index contributed by atoms with van der Waals surface area (Å²) in [6.45, 7) is 6.48. The molecule has 0 aliphatic carbocycles. The highest BCUT2D eigenvalue weighted by atomic mass is 16.5. The van der Waals surface area contributed by atoms with Crippen LogP contribution in [-0.2, 0) is 13.7 Å². The largest absolute Gasteiger partial charge is 0.489 e. The van der Waals surface area contributed by atoms with Gasteiger partial charge in [-0.15, -0.1) is 0 Å². The fraction of sp³-hybridized carbons (Fsp3) is 0.227. The number of nitrogens with one attached hydrogen (secondary N) is 1. The standard InChI is InChI=1S/C22H24N4O2/c1-15-5-10-21(11-16(15)2)28-14-18-6-8-19(9-7-18)22(27)24-23-12-20-13-26(4)25-17(20)3/h5-13H,14H2,1-4H3,(H,24,27)/b23-12-. The highest BCUT2D eigenvalue weighted by Crippen LogP contribution is 2.18. The van der Waals surface area contributed by atoms with Crippen molar-refractivity contribution in [1.29, 1.82) is 0 Å². The third-order valence-electron chi connectivity index (χ3n) is 4.52. The van der Waals surface area contributed by atoms with E-state index in [0.29, 0.717) is 12.2 Å². The predicted molar refractivity (Wildman–Crippen MR) is 110 cm³/mol. The van der Waals surface area contributed by atoms with E-state index in [1.54, 1.807) is 23.0 Å². The van der Waals surface area contributed by atoms with Gasteiger partial charge in [0.15, 0.2) is 0 Å². The fourth-order valence-corrected chi connectivity index (χ4v) is 2.69. The van der Waals surface area contributed by atoms with Crippen molar-refractivity contribution < 1.29 is 9.53 Å². The van der Waals surface area contributed by atoms with E-state index in [0.717, 1.165) is 22.6 Å². The number of benzene rings is 2.